The van der Waals surface area contributed by atoms with Crippen LogP contribution in [0.1, 0.15) is 46.0 Å². The Labute approximate surface area is 111 Å². The van der Waals surface area contributed by atoms with Crippen LogP contribution < -0.4 is 0 Å². The normalized spacial score (nSPS) is 24.7. The minimum absolute atomic E-state index is 0.290. The highest BCUT2D eigenvalue weighted by atomic mass is 16.4. The van der Waals surface area contributed by atoms with Gasteiger partial charge in [-0.1, -0.05) is 26.7 Å². The summed E-state index contributed by atoms with van der Waals surface area (Å²) in [6, 6.07) is 0.0943. The molecule has 1 heterocycles. The lowest BCUT2D eigenvalue weighted by molar-refractivity contribution is -0.144. The summed E-state index contributed by atoms with van der Waals surface area (Å²) in [4.78, 5) is 16.1. The predicted molar refractivity (Wildman–Crippen MR) is 73.8 cm³/mol. The largest absolute Gasteiger partial charge is 0.480 e. The highest BCUT2D eigenvalue weighted by Gasteiger charge is 2.31. The SMILES string of the molecule is CCCCC(C(=O)O)N1CCCN(C)CC1CC. The van der Waals surface area contributed by atoms with Gasteiger partial charge in [-0.3, -0.25) is 9.69 Å². The van der Waals surface area contributed by atoms with Crippen LogP contribution in [0.3, 0.4) is 0 Å². The van der Waals surface area contributed by atoms with E-state index in [9.17, 15) is 9.90 Å². The Hall–Kier alpha value is -0.610. The number of rotatable bonds is 6. The van der Waals surface area contributed by atoms with Crippen LogP contribution in [0.25, 0.3) is 0 Å². The lowest BCUT2D eigenvalue weighted by Crippen LogP contribution is -2.49. The second-order valence-corrected chi connectivity index (χ2v) is 5.41. The fourth-order valence-electron chi connectivity index (χ4n) is 2.86. The van der Waals surface area contributed by atoms with Gasteiger partial charge in [-0.25, -0.2) is 0 Å². The first-order chi connectivity index (χ1) is 8.60. The van der Waals surface area contributed by atoms with Crippen molar-refractivity contribution in [3.63, 3.8) is 0 Å². The Balaban J connectivity index is 2.75. The average Bonchev–Trinajstić information content (AvgIpc) is 2.51. The molecule has 1 saturated heterocycles. The Morgan fingerprint density at radius 2 is 2.11 bits per heavy atom. The van der Waals surface area contributed by atoms with Gasteiger partial charge < -0.3 is 10.0 Å². The van der Waals surface area contributed by atoms with E-state index in [0.717, 1.165) is 51.7 Å². The third-order valence-electron chi connectivity index (χ3n) is 3.94. The Morgan fingerprint density at radius 3 is 2.67 bits per heavy atom. The maximum Gasteiger partial charge on any atom is 0.320 e. The van der Waals surface area contributed by atoms with E-state index in [-0.39, 0.29) is 6.04 Å². The maximum atomic E-state index is 11.5. The number of carboxylic acid groups (broad SMARTS) is 1. The third kappa shape index (κ3) is 4.25. The molecule has 18 heavy (non-hydrogen) atoms. The maximum absolute atomic E-state index is 11.5. The van der Waals surface area contributed by atoms with E-state index in [4.69, 9.17) is 0 Å². The van der Waals surface area contributed by atoms with Crippen molar-refractivity contribution >= 4 is 5.97 Å². The summed E-state index contributed by atoms with van der Waals surface area (Å²) in [6.07, 6.45) is 4.95. The number of carboxylic acids is 1. The summed E-state index contributed by atoms with van der Waals surface area (Å²) in [5.74, 6) is -0.647. The molecule has 1 aliphatic rings. The lowest BCUT2D eigenvalue weighted by Gasteiger charge is -2.34. The van der Waals surface area contributed by atoms with Crippen LogP contribution in [-0.4, -0.2) is 59.6 Å². The highest BCUT2D eigenvalue weighted by molar-refractivity contribution is 5.73. The first-order valence-electron chi connectivity index (χ1n) is 7.27. The number of unbranched alkanes of at least 4 members (excludes halogenated alkanes) is 1. The molecule has 0 aromatic carbocycles. The molecular formula is C14H28N2O2. The van der Waals surface area contributed by atoms with E-state index in [1.54, 1.807) is 0 Å². The zero-order valence-electron chi connectivity index (χ0n) is 12.1. The van der Waals surface area contributed by atoms with Gasteiger partial charge in [0.2, 0.25) is 0 Å². The molecule has 4 nitrogen and oxygen atoms in total. The van der Waals surface area contributed by atoms with Crippen LogP contribution in [0.4, 0.5) is 0 Å². The molecule has 1 fully saturated rings. The molecule has 0 aromatic heterocycles. The summed E-state index contributed by atoms with van der Waals surface area (Å²) in [6.45, 7) is 7.27. The van der Waals surface area contributed by atoms with Gasteiger partial charge in [-0.15, -0.1) is 0 Å². The van der Waals surface area contributed by atoms with Gasteiger partial charge in [0.05, 0.1) is 0 Å². The van der Waals surface area contributed by atoms with Crippen molar-refractivity contribution in [2.24, 2.45) is 0 Å². The number of hydrogen-bond acceptors (Lipinski definition) is 3. The smallest absolute Gasteiger partial charge is 0.320 e. The molecule has 2 atom stereocenters. The molecule has 0 amide bonds. The summed E-state index contributed by atoms with van der Waals surface area (Å²) in [7, 11) is 2.13. The predicted octanol–water partition coefficient (Wildman–Crippen LogP) is 2.05. The molecule has 106 valence electrons. The lowest BCUT2D eigenvalue weighted by atomic mass is 10.0. The summed E-state index contributed by atoms with van der Waals surface area (Å²) in [5.41, 5.74) is 0. The van der Waals surface area contributed by atoms with Crippen LogP contribution in [0, 0.1) is 0 Å². The molecule has 0 aliphatic carbocycles. The molecule has 0 radical (unpaired) electrons. The van der Waals surface area contributed by atoms with Crippen LogP contribution >= 0.6 is 0 Å². The average molecular weight is 256 g/mol. The van der Waals surface area contributed by atoms with E-state index in [1.165, 1.54) is 0 Å². The molecule has 0 saturated carbocycles. The highest BCUT2D eigenvalue weighted by Crippen LogP contribution is 2.19. The summed E-state index contributed by atoms with van der Waals surface area (Å²) in [5, 5.41) is 9.47. The summed E-state index contributed by atoms with van der Waals surface area (Å²) < 4.78 is 0. The minimum atomic E-state index is -0.647. The van der Waals surface area contributed by atoms with Gasteiger partial charge in [0.1, 0.15) is 6.04 Å². The minimum Gasteiger partial charge on any atom is -0.480 e. The van der Waals surface area contributed by atoms with Crippen molar-refractivity contribution in [3.8, 4) is 0 Å². The van der Waals surface area contributed by atoms with E-state index in [2.05, 4.69) is 30.7 Å². The molecule has 2 unspecified atom stereocenters. The number of likely N-dealkylation sites (N-methyl/N-ethyl adjacent to an activating group) is 1. The van der Waals surface area contributed by atoms with Crippen molar-refractivity contribution in [1.29, 1.82) is 0 Å². The number of hydrogen-bond donors (Lipinski definition) is 1. The Morgan fingerprint density at radius 1 is 1.39 bits per heavy atom. The molecule has 0 bridgehead atoms. The van der Waals surface area contributed by atoms with Gasteiger partial charge in [0.25, 0.3) is 0 Å². The van der Waals surface area contributed by atoms with Crippen LogP contribution in [-0.2, 0) is 4.79 Å². The van der Waals surface area contributed by atoms with Crippen LogP contribution in [0.5, 0.6) is 0 Å². The van der Waals surface area contributed by atoms with Crippen LogP contribution in [0.2, 0.25) is 0 Å². The monoisotopic (exact) mass is 256 g/mol. The fourth-order valence-corrected chi connectivity index (χ4v) is 2.86. The van der Waals surface area contributed by atoms with Crippen molar-refractivity contribution in [2.75, 3.05) is 26.7 Å². The van der Waals surface area contributed by atoms with E-state index in [0.29, 0.717) is 6.04 Å². The Bertz CT molecular complexity index is 258. The first-order valence-corrected chi connectivity index (χ1v) is 7.27. The standard InChI is InChI=1S/C14H28N2O2/c1-4-6-8-13(14(17)18)16-10-7-9-15(3)11-12(16)5-2/h12-13H,4-11H2,1-3H3,(H,17,18). The molecule has 0 aromatic rings. The quantitative estimate of drug-likeness (QED) is 0.790. The van der Waals surface area contributed by atoms with Gasteiger partial charge in [0.15, 0.2) is 0 Å². The van der Waals surface area contributed by atoms with E-state index < -0.39 is 5.97 Å². The van der Waals surface area contributed by atoms with Gasteiger partial charge in [-0.05, 0) is 32.9 Å². The molecular weight excluding hydrogens is 228 g/mol. The first kappa shape index (κ1) is 15.4. The Kier molecular flexibility index (Phi) is 6.65. The van der Waals surface area contributed by atoms with Crippen molar-refractivity contribution < 1.29 is 9.90 Å². The molecule has 4 heteroatoms. The zero-order chi connectivity index (χ0) is 13.5. The van der Waals surface area contributed by atoms with Gasteiger partial charge >= 0.3 is 5.97 Å². The number of carbonyl (C=O) groups is 1. The number of nitrogens with zero attached hydrogens (tertiary/aromatic N) is 2. The second-order valence-electron chi connectivity index (χ2n) is 5.41. The van der Waals surface area contributed by atoms with Gasteiger partial charge in [0, 0.05) is 19.1 Å². The van der Waals surface area contributed by atoms with Crippen molar-refractivity contribution in [2.45, 2.75) is 58.0 Å². The van der Waals surface area contributed by atoms with E-state index in [1.807, 2.05) is 0 Å². The topological polar surface area (TPSA) is 43.8 Å². The van der Waals surface area contributed by atoms with Gasteiger partial charge in [-0.2, -0.15) is 0 Å². The van der Waals surface area contributed by atoms with Crippen molar-refractivity contribution in [3.05, 3.63) is 0 Å². The van der Waals surface area contributed by atoms with Crippen molar-refractivity contribution in [1.82, 2.24) is 9.80 Å². The van der Waals surface area contributed by atoms with E-state index >= 15 is 0 Å². The molecule has 1 aliphatic heterocycles. The third-order valence-corrected chi connectivity index (χ3v) is 3.94. The second kappa shape index (κ2) is 7.74. The zero-order valence-corrected chi connectivity index (χ0v) is 12.1. The number of aliphatic carboxylic acids is 1. The summed E-state index contributed by atoms with van der Waals surface area (Å²) >= 11 is 0. The molecule has 1 rings (SSSR count). The van der Waals surface area contributed by atoms with Crippen LogP contribution in [0.15, 0.2) is 0 Å². The molecule has 0 spiro atoms. The fraction of sp³-hybridized carbons (Fsp3) is 0.929. The molecule has 1 N–H and O–H groups in total.